The highest BCUT2D eigenvalue weighted by Gasteiger charge is 2.15. The Balaban J connectivity index is 2.75. The lowest BCUT2D eigenvalue weighted by atomic mass is 9.96. The van der Waals surface area contributed by atoms with Crippen molar-refractivity contribution < 1.29 is 8.78 Å². The van der Waals surface area contributed by atoms with E-state index >= 15 is 0 Å². The van der Waals surface area contributed by atoms with Crippen LogP contribution in [0.5, 0.6) is 0 Å². The molecule has 0 aliphatic heterocycles. The highest BCUT2D eigenvalue weighted by atomic mass is 79.9. The summed E-state index contributed by atoms with van der Waals surface area (Å²) in [6.07, 6.45) is 1.55. The van der Waals surface area contributed by atoms with Crippen LogP contribution in [0.3, 0.4) is 0 Å². The minimum Gasteiger partial charge on any atom is -0.207 e. The van der Waals surface area contributed by atoms with Crippen LogP contribution in [-0.2, 0) is 6.42 Å². The van der Waals surface area contributed by atoms with Crippen LogP contribution in [0, 0.1) is 17.6 Å². The fourth-order valence-corrected chi connectivity index (χ4v) is 1.76. The first kappa shape index (κ1) is 12.6. The molecule has 15 heavy (non-hydrogen) atoms. The third-order valence-electron chi connectivity index (χ3n) is 2.56. The van der Waals surface area contributed by atoms with E-state index in [2.05, 4.69) is 22.9 Å². The van der Waals surface area contributed by atoms with Crippen LogP contribution >= 0.6 is 15.9 Å². The lowest BCUT2D eigenvalue weighted by molar-refractivity contribution is 0.516. The van der Waals surface area contributed by atoms with Gasteiger partial charge in [-0.2, -0.15) is 0 Å². The molecule has 0 saturated carbocycles. The molecule has 0 radical (unpaired) electrons. The van der Waals surface area contributed by atoms with Gasteiger partial charge < -0.3 is 0 Å². The van der Waals surface area contributed by atoms with Crippen molar-refractivity contribution in [1.29, 1.82) is 0 Å². The second kappa shape index (κ2) is 5.59. The Labute approximate surface area is 97.8 Å². The van der Waals surface area contributed by atoms with Crippen LogP contribution in [0.25, 0.3) is 0 Å². The maximum atomic E-state index is 13.3. The van der Waals surface area contributed by atoms with Crippen molar-refractivity contribution in [3.05, 3.63) is 35.4 Å². The van der Waals surface area contributed by atoms with Crippen LogP contribution in [0.2, 0.25) is 0 Å². The topological polar surface area (TPSA) is 0 Å². The Kier molecular flexibility index (Phi) is 4.71. The third kappa shape index (κ3) is 3.56. The van der Waals surface area contributed by atoms with Crippen LogP contribution in [0.1, 0.15) is 25.8 Å². The Bertz CT molecular complexity index is 325. The number of hydrogen-bond acceptors (Lipinski definition) is 0. The monoisotopic (exact) mass is 276 g/mol. The Morgan fingerprint density at radius 3 is 2.60 bits per heavy atom. The standard InChI is InChI=1S/C12H15BrF2/c1-3-11(13)8(2)6-9-7-10(14)4-5-12(9)15/h4-5,7-8,11H,3,6H2,1-2H3. The Hall–Kier alpha value is -0.440. The van der Waals surface area contributed by atoms with Crippen molar-refractivity contribution >= 4 is 15.9 Å². The molecule has 0 amide bonds. The van der Waals surface area contributed by atoms with Gasteiger partial charge in [0.2, 0.25) is 0 Å². The van der Waals surface area contributed by atoms with E-state index in [1.54, 1.807) is 0 Å². The van der Waals surface area contributed by atoms with Crippen molar-refractivity contribution in [1.82, 2.24) is 0 Å². The molecule has 0 fully saturated rings. The van der Waals surface area contributed by atoms with Crippen LogP contribution < -0.4 is 0 Å². The molecule has 0 aliphatic rings. The van der Waals surface area contributed by atoms with Crippen molar-refractivity contribution in [2.24, 2.45) is 5.92 Å². The van der Waals surface area contributed by atoms with Gasteiger partial charge in [0.1, 0.15) is 11.6 Å². The molecule has 1 aromatic rings. The van der Waals surface area contributed by atoms with Crippen molar-refractivity contribution in [2.75, 3.05) is 0 Å². The SMILES string of the molecule is CCC(Br)C(C)Cc1cc(F)ccc1F. The van der Waals surface area contributed by atoms with E-state index in [9.17, 15) is 8.78 Å². The largest absolute Gasteiger partial charge is 0.207 e. The average molecular weight is 277 g/mol. The average Bonchev–Trinajstić information content (AvgIpc) is 2.22. The minimum atomic E-state index is -0.374. The van der Waals surface area contributed by atoms with Gasteiger partial charge in [-0.05, 0) is 42.5 Å². The van der Waals surface area contributed by atoms with E-state index in [0.717, 1.165) is 12.5 Å². The van der Waals surface area contributed by atoms with E-state index in [4.69, 9.17) is 0 Å². The Morgan fingerprint density at radius 1 is 1.33 bits per heavy atom. The smallest absolute Gasteiger partial charge is 0.126 e. The lowest BCUT2D eigenvalue weighted by Crippen LogP contribution is -2.13. The lowest BCUT2D eigenvalue weighted by Gasteiger charge is -2.16. The molecular formula is C12H15BrF2. The fourth-order valence-electron chi connectivity index (χ4n) is 1.58. The fraction of sp³-hybridized carbons (Fsp3) is 0.500. The molecule has 0 heterocycles. The van der Waals surface area contributed by atoms with E-state index in [0.29, 0.717) is 22.7 Å². The normalized spacial score (nSPS) is 15.0. The summed E-state index contributed by atoms with van der Waals surface area (Å²) in [4.78, 5) is 0.347. The van der Waals surface area contributed by atoms with Gasteiger partial charge in [0.25, 0.3) is 0 Å². The summed E-state index contributed by atoms with van der Waals surface area (Å²) < 4.78 is 26.2. The first-order chi connectivity index (χ1) is 7.04. The Morgan fingerprint density at radius 2 is 2.00 bits per heavy atom. The predicted molar refractivity (Wildman–Crippen MR) is 62.2 cm³/mol. The van der Waals surface area contributed by atoms with Gasteiger partial charge in [0, 0.05) is 4.83 Å². The zero-order valence-electron chi connectivity index (χ0n) is 8.93. The maximum Gasteiger partial charge on any atom is 0.126 e. The second-order valence-corrected chi connectivity index (χ2v) is 5.02. The molecule has 2 atom stereocenters. The van der Waals surface area contributed by atoms with Crippen molar-refractivity contribution in [3.63, 3.8) is 0 Å². The maximum absolute atomic E-state index is 13.3. The zero-order valence-corrected chi connectivity index (χ0v) is 10.5. The molecule has 0 nitrogen and oxygen atoms in total. The summed E-state index contributed by atoms with van der Waals surface area (Å²) in [6.45, 7) is 4.10. The van der Waals surface area contributed by atoms with Gasteiger partial charge in [-0.1, -0.05) is 29.8 Å². The molecule has 0 aromatic heterocycles. The summed E-state index contributed by atoms with van der Waals surface area (Å²) in [5.41, 5.74) is 0.459. The van der Waals surface area contributed by atoms with Crippen LogP contribution in [0.4, 0.5) is 8.78 Å². The number of hydrogen-bond donors (Lipinski definition) is 0. The highest BCUT2D eigenvalue weighted by Crippen LogP contribution is 2.22. The number of rotatable bonds is 4. The number of alkyl halides is 1. The molecule has 84 valence electrons. The number of halogens is 3. The molecule has 2 unspecified atom stereocenters. The minimum absolute atomic E-state index is 0.297. The first-order valence-electron chi connectivity index (χ1n) is 5.12. The van der Waals surface area contributed by atoms with Crippen molar-refractivity contribution in [3.8, 4) is 0 Å². The highest BCUT2D eigenvalue weighted by molar-refractivity contribution is 9.09. The van der Waals surface area contributed by atoms with Gasteiger partial charge >= 0.3 is 0 Å². The summed E-state index contributed by atoms with van der Waals surface area (Å²) in [6, 6.07) is 3.61. The van der Waals surface area contributed by atoms with Gasteiger partial charge in [-0.3, -0.25) is 0 Å². The number of benzene rings is 1. The quantitative estimate of drug-likeness (QED) is 0.719. The van der Waals surface area contributed by atoms with E-state index in [-0.39, 0.29) is 11.6 Å². The molecule has 0 saturated heterocycles. The second-order valence-electron chi connectivity index (χ2n) is 3.84. The summed E-state index contributed by atoms with van der Waals surface area (Å²) in [5.74, 6) is -0.397. The molecule has 0 N–H and O–H groups in total. The van der Waals surface area contributed by atoms with E-state index < -0.39 is 0 Å². The first-order valence-corrected chi connectivity index (χ1v) is 6.04. The van der Waals surface area contributed by atoms with Gasteiger partial charge in [0.15, 0.2) is 0 Å². The predicted octanol–water partition coefficient (Wildman–Crippen LogP) is 4.32. The van der Waals surface area contributed by atoms with E-state index in [1.807, 2.05) is 6.92 Å². The summed E-state index contributed by atoms with van der Waals surface area (Å²) >= 11 is 3.53. The van der Waals surface area contributed by atoms with Gasteiger partial charge in [-0.25, -0.2) is 8.78 Å². The van der Waals surface area contributed by atoms with Crippen molar-refractivity contribution in [2.45, 2.75) is 31.5 Å². The summed E-state index contributed by atoms with van der Waals surface area (Å²) in [7, 11) is 0. The van der Waals surface area contributed by atoms with Gasteiger partial charge in [0.05, 0.1) is 0 Å². The molecule has 0 spiro atoms. The zero-order chi connectivity index (χ0) is 11.4. The molecule has 1 aromatic carbocycles. The third-order valence-corrected chi connectivity index (χ3v) is 4.11. The molecular weight excluding hydrogens is 262 g/mol. The molecule has 0 bridgehead atoms. The molecule has 0 aliphatic carbocycles. The van der Waals surface area contributed by atoms with Crippen LogP contribution in [-0.4, -0.2) is 4.83 Å². The van der Waals surface area contributed by atoms with Crippen LogP contribution in [0.15, 0.2) is 18.2 Å². The molecule has 3 heteroatoms. The van der Waals surface area contributed by atoms with Gasteiger partial charge in [-0.15, -0.1) is 0 Å². The van der Waals surface area contributed by atoms with E-state index in [1.165, 1.54) is 12.1 Å². The summed E-state index contributed by atoms with van der Waals surface area (Å²) in [5, 5.41) is 0. The molecule has 1 rings (SSSR count).